The van der Waals surface area contributed by atoms with Crippen molar-refractivity contribution >= 4 is 11.9 Å². The van der Waals surface area contributed by atoms with Crippen LogP contribution < -0.4 is 0 Å². The molecule has 2 saturated carbocycles. The molecule has 6 heteroatoms. The first-order chi connectivity index (χ1) is 11.0. The summed E-state index contributed by atoms with van der Waals surface area (Å²) >= 11 is 0. The van der Waals surface area contributed by atoms with E-state index in [1.807, 2.05) is 12.1 Å². The van der Waals surface area contributed by atoms with E-state index in [1.54, 1.807) is 13.8 Å². The summed E-state index contributed by atoms with van der Waals surface area (Å²) in [6.45, 7) is 3.48. The van der Waals surface area contributed by atoms with Gasteiger partial charge in [0.1, 0.15) is 0 Å². The molecule has 2 atom stereocenters. The summed E-state index contributed by atoms with van der Waals surface area (Å²) in [6, 6.07) is 4.02. The molecule has 2 unspecified atom stereocenters. The number of nitriles is 2. The zero-order valence-electron chi connectivity index (χ0n) is 13.7. The van der Waals surface area contributed by atoms with Crippen molar-refractivity contribution in [1.29, 1.82) is 10.5 Å². The van der Waals surface area contributed by atoms with Crippen LogP contribution in [-0.2, 0) is 19.1 Å². The monoisotopic (exact) mass is 318 g/mol. The summed E-state index contributed by atoms with van der Waals surface area (Å²) < 4.78 is 10.2. The Kier molecular flexibility index (Phi) is 4.66. The molecule has 0 amide bonds. The second-order valence-electron chi connectivity index (χ2n) is 6.16. The van der Waals surface area contributed by atoms with Crippen molar-refractivity contribution in [3.63, 3.8) is 0 Å². The van der Waals surface area contributed by atoms with Gasteiger partial charge in [0.05, 0.1) is 25.4 Å². The highest BCUT2D eigenvalue weighted by Gasteiger charge is 2.96. The van der Waals surface area contributed by atoms with Gasteiger partial charge in [-0.15, -0.1) is 0 Å². The molecule has 0 N–H and O–H groups in total. The largest absolute Gasteiger partial charge is 0.465 e. The Morgan fingerprint density at radius 3 is 1.57 bits per heavy atom. The fourth-order valence-electron chi connectivity index (χ4n) is 4.42. The van der Waals surface area contributed by atoms with Crippen LogP contribution in [0.15, 0.2) is 0 Å². The highest BCUT2D eigenvalue weighted by atomic mass is 16.5. The average molecular weight is 318 g/mol. The second kappa shape index (κ2) is 6.20. The topological polar surface area (TPSA) is 100 Å². The normalized spacial score (nSPS) is 31.3. The molecule has 23 heavy (non-hydrogen) atoms. The van der Waals surface area contributed by atoms with E-state index in [0.717, 1.165) is 25.7 Å². The maximum Gasteiger partial charge on any atom is 0.329 e. The van der Waals surface area contributed by atoms with Crippen molar-refractivity contribution in [1.82, 2.24) is 0 Å². The number of carbonyl (C=O) groups is 2. The molecule has 0 bridgehead atoms. The number of esters is 2. The third kappa shape index (κ3) is 1.91. The molecule has 2 fully saturated rings. The quantitative estimate of drug-likeness (QED) is 0.738. The fraction of sp³-hybridized carbons (Fsp3) is 0.765. The lowest BCUT2D eigenvalue weighted by Gasteiger charge is -2.17. The number of carbonyl (C=O) groups excluding carboxylic acids is 2. The molecule has 1 spiro atoms. The van der Waals surface area contributed by atoms with Crippen LogP contribution in [0.4, 0.5) is 0 Å². The molecule has 2 aliphatic rings. The molecule has 0 aromatic rings. The minimum Gasteiger partial charge on any atom is -0.465 e. The van der Waals surface area contributed by atoms with E-state index in [4.69, 9.17) is 9.47 Å². The molecule has 0 aromatic heterocycles. The zero-order valence-corrected chi connectivity index (χ0v) is 13.7. The Labute approximate surface area is 136 Å². The highest BCUT2D eigenvalue weighted by molar-refractivity contribution is 6.02. The Morgan fingerprint density at radius 1 is 0.870 bits per heavy atom. The van der Waals surface area contributed by atoms with E-state index in [2.05, 4.69) is 0 Å². The molecule has 124 valence electrons. The molecule has 6 nitrogen and oxygen atoms in total. The molecule has 0 aromatic carbocycles. The van der Waals surface area contributed by atoms with Gasteiger partial charge in [-0.2, -0.15) is 10.5 Å². The number of hydrogen-bond donors (Lipinski definition) is 0. The van der Waals surface area contributed by atoms with Crippen molar-refractivity contribution in [3.05, 3.63) is 0 Å². The summed E-state index contributed by atoms with van der Waals surface area (Å²) in [5.41, 5.74) is -4.48. The number of ether oxygens (including phenoxy) is 2. The van der Waals surface area contributed by atoms with Gasteiger partial charge in [-0.1, -0.05) is 25.7 Å². The lowest BCUT2D eigenvalue weighted by molar-refractivity contribution is -0.155. The Hall–Kier alpha value is -2.08. The summed E-state index contributed by atoms with van der Waals surface area (Å²) in [5.74, 6) is -1.53. The summed E-state index contributed by atoms with van der Waals surface area (Å²) in [4.78, 5) is 25.2. The van der Waals surface area contributed by atoms with Crippen LogP contribution in [0.5, 0.6) is 0 Å². The van der Waals surface area contributed by atoms with Gasteiger partial charge in [-0.25, -0.2) is 0 Å². The van der Waals surface area contributed by atoms with Crippen LogP contribution in [0.25, 0.3) is 0 Å². The lowest BCUT2D eigenvalue weighted by Crippen LogP contribution is -2.30. The van der Waals surface area contributed by atoms with Gasteiger partial charge in [0, 0.05) is 5.41 Å². The Bertz CT molecular complexity index is 536. The van der Waals surface area contributed by atoms with E-state index in [9.17, 15) is 20.1 Å². The van der Waals surface area contributed by atoms with E-state index in [0.29, 0.717) is 12.8 Å². The van der Waals surface area contributed by atoms with Crippen molar-refractivity contribution in [2.75, 3.05) is 13.2 Å². The predicted molar refractivity (Wildman–Crippen MR) is 79.5 cm³/mol. The Morgan fingerprint density at radius 2 is 1.26 bits per heavy atom. The smallest absolute Gasteiger partial charge is 0.329 e. The second-order valence-corrected chi connectivity index (χ2v) is 6.16. The number of nitrogens with zero attached hydrogens (tertiary/aromatic N) is 2. The minimum absolute atomic E-state index is 0.0999. The molecular weight excluding hydrogens is 296 g/mol. The van der Waals surface area contributed by atoms with Crippen LogP contribution >= 0.6 is 0 Å². The van der Waals surface area contributed by atoms with Crippen molar-refractivity contribution < 1.29 is 19.1 Å². The number of hydrogen-bond acceptors (Lipinski definition) is 6. The SMILES string of the molecule is CCOC(=O)C1(C#N)C2(CCCCCC2)C1(C#N)C(=O)OCC. The molecular formula is C17H22N2O4. The van der Waals surface area contributed by atoms with Crippen LogP contribution in [0.1, 0.15) is 52.4 Å². The third-order valence-electron chi connectivity index (χ3n) is 5.39. The van der Waals surface area contributed by atoms with E-state index >= 15 is 0 Å². The zero-order chi connectivity index (χ0) is 17.1. The number of rotatable bonds is 4. The van der Waals surface area contributed by atoms with E-state index in [-0.39, 0.29) is 13.2 Å². The van der Waals surface area contributed by atoms with Gasteiger partial charge in [0.2, 0.25) is 0 Å². The van der Waals surface area contributed by atoms with Crippen LogP contribution in [0.3, 0.4) is 0 Å². The third-order valence-corrected chi connectivity index (χ3v) is 5.39. The van der Waals surface area contributed by atoms with Gasteiger partial charge in [0.15, 0.2) is 10.8 Å². The molecule has 2 aliphatic carbocycles. The van der Waals surface area contributed by atoms with Crippen molar-refractivity contribution in [2.24, 2.45) is 16.2 Å². The lowest BCUT2D eigenvalue weighted by atomic mass is 9.85. The summed E-state index contributed by atoms with van der Waals surface area (Å²) in [5, 5.41) is 19.7. The summed E-state index contributed by atoms with van der Waals surface area (Å²) in [7, 11) is 0. The van der Waals surface area contributed by atoms with Gasteiger partial charge in [-0.3, -0.25) is 9.59 Å². The molecule has 0 aliphatic heterocycles. The fourth-order valence-corrected chi connectivity index (χ4v) is 4.42. The molecule has 2 rings (SSSR count). The van der Waals surface area contributed by atoms with E-state index < -0.39 is 28.2 Å². The minimum atomic E-state index is -1.75. The molecule has 0 heterocycles. The first kappa shape index (κ1) is 17.3. The van der Waals surface area contributed by atoms with Crippen LogP contribution in [0.2, 0.25) is 0 Å². The Balaban J connectivity index is 2.60. The maximum atomic E-state index is 12.6. The van der Waals surface area contributed by atoms with Crippen molar-refractivity contribution in [3.8, 4) is 12.1 Å². The van der Waals surface area contributed by atoms with Gasteiger partial charge in [-0.05, 0) is 26.7 Å². The molecule has 0 saturated heterocycles. The van der Waals surface area contributed by atoms with Crippen molar-refractivity contribution in [2.45, 2.75) is 52.4 Å². The van der Waals surface area contributed by atoms with Crippen LogP contribution in [0, 0.1) is 38.9 Å². The average Bonchev–Trinajstić information content (AvgIpc) is 3.17. The first-order valence-corrected chi connectivity index (χ1v) is 8.21. The highest BCUT2D eigenvalue weighted by Crippen LogP contribution is 2.82. The predicted octanol–water partition coefficient (Wildman–Crippen LogP) is 2.49. The first-order valence-electron chi connectivity index (χ1n) is 8.21. The van der Waals surface area contributed by atoms with E-state index in [1.165, 1.54) is 0 Å². The van der Waals surface area contributed by atoms with Gasteiger partial charge < -0.3 is 9.47 Å². The maximum absolute atomic E-state index is 12.6. The van der Waals surface area contributed by atoms with Crippen LogP contribution in [-0.4, -0.2) is 25.2 Å². The van der Waals surface area contributed by atoms with Gasteiger partial charge in [0.25, 0.3) is 0 Å². The summed E-state index contributed by atoms with van der Waals surface area (Å²) in [6.07, 6.45) is 4.49. The standard InChI is InChI=1S/C17H22N2O4/c1-3-22-13(20)16(11-18)15(9-7-5-6-8-10-15)17(16,12-19)14(21)23-4-2/h3-10H2,1-2H3. The van der Waals surface area contributed by atoms with Gasteiger partial charge >= 0.3 is 11.9 Å². The molecule has 0 radical (unpaired) electrons.